The van der Waals surface area contributed by atoms with Crippen molar-refractivity contribution in [3.05, 3.63) is 41.6 Å². The normalized spacial score (nSPS) is 12.6. The van der Waals surface area contributed by atoms with E-state index in [2.05, 4.69) is 95.2 Å². The van der Waals surface area contributed by atoms with Crippen LogP contribution in [0.15, 0.2) is 30.5 Å². The third-order valence-electron chi connectivity index (χ3n) is 4.66. The quantitative estimate of drug-likeness (QED) is 0.588. The van der Waals surface area contributed by atoms with Gasteiger partial charge in [-0.25, -0.2) is 4.57 Å². The second-order valence-corrected chi connectivity index (χ2v) is 19.0. The molecule has 2 aromatic rings. The van der Waals surface area contributed by atoms with E-state index in [-0.39, 0.29) is 0 Å². The van der Waals surface area contributed by atoms with Gasteiger partial charge in [0.25, 0.3) is 0 Å². The van der Waals surface area contributed by atoms with Gasteiger partial charge in [-0.1, -0.05) is 56.6 Å². The van der Waals surface area contributed by atoms with Gasteiger partial charge in [0.2, 0.25) is 5.69 Å². The van der Waals surface area contributed by atoms with Crippen molar-refractivity contribution in [1.29, 1.82) is 0 Å². The summed E-state index contributed by atoms with van der Waals surface area (Å²) < 4.78 is 2.32. The van der Waals surface area contributed by atoms with Crippen LogP contribution in [0.2, 0.25) is 39.3 Å². The van der Waals surface area contributed by atoms with Crippen molar-refractivity contribution in [2.24, 2.45) is 7.05 Å². The lowest BCUT2D eigenvalue weighted by Crippen LogP contribution is -2.46. The first kappa shape index (κ1) is 18.1. The Kier molecular flexibility index (Phi) is 4.75. The number of aromatic nitrogens is 1. The van der Waals surface area contributed by atoms with Gasteiger partial charge in [-0.05, 0) is 31.0 Å². The fourth-order valence-corrected chi connectivity index (χ4v) is 6.29. The van der Waals surface area contributed by atoms with Crippen molar-refractivity contribution in [3.8, 4) is 11.3 Å². The molecule has 0 spiro atoms. The van der Waals surface area contributed by atoms with Gasteiger partial charge in [-0.3, -0.25) is 0 Å². The van der Waals surface area contributed by atoms with Gasteiger partial charge in [0.1, 0.15) is 7.05 Å². The zero-order valence-corrected chi connectivity index (χ0v) is 18.3. The van der Waals surface area contributed by atoms with E-state index in [1.54, 1.807) is 5.19 Å². The van der Waals surface area contributed by atoms with Gasteiger partial charge in [-0.15, -0.1) is 0 Å². The standard InChI is InChI=1S/C20H32NSi2/c1-15-12-17(22(4,5)6)10-11-18(15)19-13-16(2)20(14-21(19)3)23(7,8)9/h10-14H,1-9H3/q+1. The van der Waals surface area contributed by atoms with E-state index >= 15 is 0 Å². The molecule has 1 aromatic heterocycles. The minimum absolute atomic E-state index is 1.25. The maximum Gasteiger partial charge on any atom is 0.212 e. The van der Waals surface area contributed by atoms with Gasteiger partial charge in [-0.2, -0.15) is 0 Å². The lowest BCUT2D eigenvalue weighted by Gasteiger charge is -2.20. The topological polar surface area (TPSA) is 3.88 Å². The third kappa shape index (κ3) is 3.83. The highest BCUT2D eigenvalue weighted by molar-refractivity contribution is 6.89. The zero-order valence-electron chi connectivity index (χ0n) is 16.3. The Hall–Kier alpha value is -1.20. The molecule has 23 heavy (non-hydrogen) atoms. The highest BCUT2D eigenvalue weighted by Crippen LogP contribution is 2.21. The van der Waals surface area contributed by atoms with Crippen LogP contribution in [-0.4, -0.2) is 16.1 Å². The van der Waals surface area contributed by atoms with Crippen LogP contribution in [0.25, 0.3) is 11.3 Å². The van der Waals surface area contributed by atoms with Crippen LogP contribution in [0.3, 0.4) is 0 Å². The molecule has 1 nitrogen and oxygen atoms in total. The first-order valence-electron chi connectivity index (χ1n) is 8.53. The lowest BCUT2D eigenvalue weighted by atomic mass is 10.0. The number of nitrogens with zero attached hydrogens (tertiary/aromatic N) is 1. The van der Waals surface area contributed by atoms with Gasteiger partial charge in [0.05, 0.1) is 16.1 Å². The van der Waals surface area contributed by atoms with Crippen molar-refractivity contribution in [2.75, 3.05) is 0 Å². The summed E-state index contributed by atoms with van der Waals surface area (Å²) in [5, 5.41) is 3.09. The molecule has 0 radical (unpaired) electrons. The molecule has 0 bridgehead atoms. The largest absolute Gasteiger partial charge is 0.212 e. The smallest absolute Gasteiger partial charge is 0.201 e. The summed E-state index contributed by atoms with van der Waals surface area (Å²) in [5.74, 6) is 0. The van der Waals surface area contributed by atoms with E-state index in [0.717, 1.165) is 0 Å². The number of aryl methyl sites for hydroxylation is 3. The molecule has 0 amide bonds. The number of benzene rings is 1. The summed E-state index contributed by atoms with van der Waals surface area (Å²) >= 11 is 0. The molecule has 0 fully saturated rings. The molecule has 124 valence electrons. The Labute approximate surface area is 144 Å². The molecule has 1 aromatic carbocycles. The predicted octanol–water partition coefficient (Wildman–Crippen LogP) is 3.89. The lowest BCUT2D eigenvalue weighted by molar-refractivity contribution is -0.659. The van der Waals surface area contributed by atoms with Crippen molar-refractivity contribution in [1.82, 2.24) is 0 Å². The molecule has 0 saturated heterocycles. The first-order chi connectivity index (χ1) is 10.4. The van der Waals surface area contributed by atoms with E-state index in [1.807, 2.05) is 0 Å². The van der Waals surface area contributed by atoms with E-state index in [4.69, 9.17) is 0 Å². The molecular formula is C20H32NSi2+. The summed E-state index contributed by atoms with van der Waals surface area (Å²) in [5.41, 5.74) is 5.51. The monoisotopic (exact) mass is 342 g/mol. The molecule has 0 aliphatic carbocycles. The molecule has 0 atom stereocenters. The molecule has 0 unspecified atom stereocenters. The SMILES string of the molecule is Cc1cc([Si](C)(C)C)ccc1-c1cc(C)c([Si](C)(C)C)c[n+]1C. The minimum atomic E-state index is -1.30. The van der Waals surface area contributed by atoms with Crippen LogP contribution in [0.4, 0.5) is 0 Å². The average Bonchev–Trinajstić information content (AvgIpc) is 2.39. The Morgan fingerprint density at radius 1 is 0.783 bits per heavy atom. The molecule has 0 aliphatic heterocycles. The number of hydrogen-bond donors (Lipinski definition) is 0. The molecule has 2 rings (SSSR count). The molecule has 1 heterocycles. The van der Waals surface area contributed by atoms with E-state index in [0.29, 0.717) is 0 Å². The Balaban J connectivity index is 2.58. The van der Waals surface area contributed by atoms with Crippen molar-refractivity contribution in [2.45, 2.75) is 53.1 Å². The Morgan fingerprint density at radius 2 is 1.39 bits per heavy atom. The van der Waals surface area contributed by atoms with Crippen molar-refractivity contribution in [3.63, 3.8) is 0 Å². The van der Waals surface area contributed by atoms with Crippen LogP contribution in [0.1, 0.15) is 11.1 Å². The number of rotatable bonds is 3. The molecule has 0 aliphatic rings. The third-order valence-corrected chi connectivity index (χ3v) is 8.84. The van der Waals surface area contributed by atoms with Crippen molar-refractivity contribution >= 4 is 26.5 Å². The van der Waals surface area contributed by atoms with Gasteiger partial charge in [0.15, 0.2) is 6.20 Å². The summed E-state index contributed by atoms with van der Waals surface area (Å²) in [7, 11) is -0.359. The highest BCUT2D eigenvalue weighted by Gasteiger charge is 2.25. The maximum absolute atomic E-state index is 2.42. The highest BCUT2D eigenvalue weighted by atomic mass is 28.3. The van der Waals surface area contributed by atoms with Crippen LogP contribution in [0, 0.1) is 13.8 Å². The Bertz CT molecular complexity index is 735. The summed E-state index contributed by atoms with van der Waals surface area (Å²) in [6, 6.07) is 9.45. The average molecular weight is 343 g/mol. The molecule has 3 heteroatoms. The first-order valence-corrected chi connectivity index (χ1v) is 15.5. The molecular weight excluding hydrogens is 310 g/mol. The predicted molar refractivity (Wildman–Crippen MR) is 108 cm³/mol. The zero-order chi connectivity index (χ0) is 17.6. The number of pyridine rings is 1. The Morgan fingerprint density at radius 3 is 1.87 bits per heavy atom. The maximum atomic E-state index is 2.42. The summed E-state index contributed by atoms with van der Waals surface area (Å²) in [6.07, 6.45) is 2.36. The number of hydrogen-bond acceptors (Lipinski definition) is 0. The fourth-order valence-electron chi connectivity index (χ4n) is 3.22. The van der Waals surface area contributed by atoms with E-state index in [9.17, 15) is 0 Å². The molecule has 0 saturated carbocycles. The van der Waals surface area contributed by atoms with Crippen LogP contribution in [-0.2, 0) is 7.05 Å². The van der Waals surface area contributed by atoms with Crippen LogP contribution < -0.4 is 14.9 Å². The van der Waals surface area contributed by atoms with Crippen molar-refractivity contribution < 1.29 is 4.57 Å². The van der Waals surface area contributed by atoms with Gasteiger partial charge in [0, 0.05) is 16.8 Å². The minimum Gasteiger partial charge on any atom is -0.201 e. The van der Waals surface area contributed by atoms with Crippen LogP contribution in [0.5, 0.6) is 0 Å². The van der Waals surface area contributed by atoms with Crippen LogP contribution >= 0.6 is 0 Å². The second-order valence-electron chi connectivity index (χ2n) is 8.90. The second kappa shape index (κ2) is 6.02. The van der Waals surface area contributed by atoms with E-state index < -0.39 is 16.1 Å². The molecule has 0 N–H and O–H groups in total. The fraction of sp³-hybridized carbons (Fsp3) is 0.450. The summed E-state index contributed by atoms with van der Waals surface area (Å²) in [6.45, 7) is 19.0. The summed E-state index contributed by atoms with van der Waals surface area (Å²) in [4.78, 5) is 0. The van der Waals surface area contributed by atoms with E-state index in [1.165, 1.54) is 27.6 Å². The van der Waals surface area contributed by atoms with Gasteiger partial charge < -0.3 is 0 Å². The van der Waals surface area contributed by atoms with Gasteiger partial charge >= 0.3 is 0 Å².